The van der Waals surface area contributed by atoms with Crippen LogP contribution in [-0.4, -0.2) is 15.1 Å². The van der Waals surface area contributed by atoms with E-state index in [1.54, 1.807) is 43.6 Å². The number of aromatic hydroxyl groups is 1. The molecule has 4 nitrogen and oxygen atoms in total. The van der Waals surface area contributed by atoms with E-state index in [1.165, 1.54) is 12.1 Å². The Hall–Kier alpha value is -3.61. The number of phenols is 1. The van der Waals surface area contributed by atoms with Crippen LogP contribution >= 0.6 is 0 Å². The Morgan fingerprint density at radius 1 is 0.862 bits per heavy atom. The number of halogens is 3. The molecule has 2 aromatic carbocycles. The SMILES string of the molecule is Cc1ccc(O)cc1Nc1cc(C(F)(F)F)nc2ccc(-c3ccncc3)cc12. The van der Waals surface area contributed by atoms with E-state index in [1.807, 2.05) is 12.1 Å². The summed E-state index contributed by atoms with van der Waals surface area (Å²) in [4.78, 5) is 7.79. The first-order valence-electron chi connectivity index (χ1n) is 8.80. The fourth-order valence-electron chi connectivity index (χ4n) is 3.09. The van der Waals surface area contributed by atoms with Crippen molar-refractivity contribution in [2.45, 2.75) is 13.1 Å². The second-order valence-corrected chi connectivity index (χ2v) is 6.64. The summed E-state index contributed by atoms with van der Waals surface area (Å²) >= 11 is 0. The van der Waals surface area contributed by atoms with Gasteiger partial charge >= 0.3 is 6.18 Å². The van der Waals surface area contributed by atoms with Crippen LogP contribution in [0.25, 0.3) is 22.0 Å². The van der Waals surface area contributed by atoms with Crippen LogP contribution in [0.2, 0.25) is 0 Å². The second-order valence-electron chi connectivity index (χ2n) is 6.64. The molecule has 0 fully saturated rings. The summed E-state index contributed by atoms with van der Waals surface area (Å²) in [6, 6.07) is 14.4. The van der Waals surface area contributed by atoms with E-state index in [-0.39, 0.29) is 17.0 Å². The minimum Gasteiger partial charge on any atom is -0.508 e. The predicted octanol–water partition coefficient (Wildman–Crippen LogP) is 6.07. The maximum atomic E-state index is 13.4. The molecule has 4 rings (SSSR count). The molecule has 2 N–H and O–H groups in total. The zero-order valence-electron chi connectivity index (χ0n) is 15.3. The zero-order valence-corrected chi connectivity index (χ0v) is 15.3. The van der Waals surface area contributed by atoms with Gasteiger partial charge in [-0.2, -0.15) is 13.2 Å². The summed E-state index contributed by atoms with van der Waals surface area (Å²) in [7, 11) is 0. The van der Waals surface area contributed by atoms with Crippen LogP contribution < -0.4 is 5.32 Å². The summed E-state index contributed by atoms with van der Waals surface area (Å²) in [5.41, 5.74) is 2.51. The van der Waals surface area contributed by atoms with E-state index in [4.69, 9.17) is 0 Å². The van der Waals surface area contributed by atoms with Crippen molar-refractivity contribution in [3.63, 3.8) is 0 Å². The number of pyridine rings is 2. The van der Waals surface area contributed by atoms with E-state index < -0.39 is 11.9 Å². The van der Waals surface area contributed by atoms with Crippen molar-refractivity contribution in [1.29, 1.82) is 0 Å². The molecule has 2 aromatic heterocycles. The molecule has 0 radical (unpaired) electrons. The molecule has 0 spiro atoms. The third kappa shape index (κ3) is 3.85. The molecule has 0 aliphatic carbocycles. The van der Waals surface area contributed by atoms with Crippen molar-refractivity contribution >= 4 is 22.3 Å². The van der Waals surface area contributed by atoms with E-state index in [9.17, 15) is 18.3 Å². The molecule has 0 aliphatic heterocycles. The average Bonchev–Trinajstić information content (AvgIpc) is 2.70. The topological polar surface area (TPSA) is 58.0 Å². The summed E-state index contributed by atoms with van der Waals surface area (Å²) in [6.45, 7) is 1.80. The van der Waals surface area contributed by atoms with Gasteiger partial charge in [0.05, 0.1) is 11.2 Å². The van der Waals surface area contributed by atoms with Gasteiger partial charge in [0, 0.05) is 29.5 Å². The minimum atomic E-state index is -4.58. The normalized spacial score (nSPS) is 11.6. The first-order valence-corrected chi connectivity index (χ1v) is 8.80. The lowest BCUT2D eigenvalue weighted by atomic mass is 10.0. The summed E-state index contributed by atoms with van der Waals surface area (Å²) in [5, 5.41) is 13.3. The van der Waals surface area contributed by atoms with Crippen molar-refractivity contribution in [3.8, 4) is 16.9 Å². The number of benzene rings is 2. The smallest absolute Gasteiger partial charge is 0.433 e. The van der Waals surface area contributed by atoms with Gasteiger partial charge in [-0.25, -0.2) is 4.98 Å². The Bertz CT molecular complexity index is 1190. The third-order valence-electron chi connectivity index (χ3n) is 4.60. The largest absolute Gasteiger partial charge is 0.508 e. The van der Waals surface area contributed by atoms with Crippen LogP contribution in [0.1, 0.15) is 11.3 Å². The molecule has 2 heterocycles. The molecule has 146 valence electrons. The molecule has 0 atom stereocenters. The number of phenolic OH excluding ortho intramolecular Hbond substituents is 1. The number of fused-ring (bicyclic) bond motifs is 1. The summed E-state index contributed by atoms with van der Waals surface area (Å²) < 4.78 is 40.2. The Morgan fingerprint density at radius 2 is 1.62 bits per heavy atom. The molecule has 0 saturated heterocycles. The van der Waals surface area contributed by atoms with E-state index in [0.29, 0.717) is 11.1 Å². The van der Waals surface area contributed by atoms with Gasteiger partial charge in [-0.15, -0.1) is 0 Å². The van der Waals surface area contributed by atoms with Gasteiger partial charge in [-0.1, -0.05) is 12.1 Å². The fourth-order valence-corrected chi connectivity index (χ4v) is 3.09. The molecule has 0 saturated carbocycles. The molecule has 0 aliphatic rings. The summed E-state index contributed by atoms with van der Waals surface area (Å²) in [6.07, 6.45) is -1.28. The zero-order chi connectivity index (χ0) is 20.6. The lowest BCUT2D eigenvalue weighted by molar-refractivity contribution is -0.140. The van der Waals surface area contributed by atoms with Crippen molar-refractivity contribution in [3.05, 3.63) is 78.2 Å². The van der Waals surface area contributed by atoms with Crippen LogP contribution in [0.3, 0.4) is 0 Å². The number of hydrogen-bond acceptors (Lipinski definition) is 4. The highest BCUT2D eigenvalue weighted by Crippen LogP contribution is 2.36. The van der Waals surface area contributed by atoms with Gasteiger partial charge in [-0.3, -0.25) is 4.98 Å². The van der Waals surface area contributed by atoms with Crippen LogP contribution in [0.5, 0.6) is 5.75 Å². The number of alkyl halides is 3. The summed E-state index contributed by atoms with van der Waals surface area (Å²) in [5.74, 6) is 0.0185. The molecule has 0 bridgehead atoms. The minimum absolute atomic E-state index is 0.0185. The highest BCUT2D eigenvalue weighted by molar-refractivity contribution is 5.96. The van der Waals surface area contributed by atoms with Crippen LogP contribution in [0.15, 0.2) is 67.0 Å². The first kappa shape index (κ1) is 18.7. The Morgan fingerprint density at radius 3 is 2.34 bits per heavy atom. The number of anilines is 2. The van der Waals surface area contributed by atoms with Crippen molar-refractivity contribution < 1.29 is 18.3 Å². The number of rotatable bonds is 3. The van der Waals surface area contributed by atoms with Crippen LogP contribution in [0.4, 0.5) is 24.5 Å². The van der Waals surface area contributed by atoms with Gasteiger partial charge < -0.3 is 10.4 Å². The number of nitrogens with zero attached hydrogens (tertiary/aromatic N) is 2. The highest BCUT2D eigenvalue weighted by atomic mass is 19.4. The van der Waals surface area contributed by atoms with Crippen molar-refractivity contribution in [2.75, 3.05) is 5.32 Å². The Labute approximate surface area is 164 Å². The van der Waals surface area contributed by atoms with Gasteiger partial charge in [-0.05, 0) is 60.0 Å². The number of aryl methyl sites for hydroxylation is 1. The molecular formula is C22H16F3N3O. The van der Waals surface area contributed by atoms with Crippen molar-refractivity contribution in [1.82, 2.24) is 9.97 Å². The fraction of sp³-hybridized carbons (Fsp3) is 0.0909. The average molecular weight is 395 g/mol. The lowest BCUT2D eigenvalue weighted by Gasteiger charge is -2.16. The number of nitrogens with one attached hydrogen (secondary N) is 1. The lowest BCUT2D eigenvalue weighted by Crippen LogP contribution is -2.09. The van der Waals surface area contributed by atoms with Gasteiger partial charge in [0.2, 0.25) is 0 Å². The Balaban J connectivity index is 1.91. The van der Waals surface area contributed by atoms with Gasteiger partial charge in [0.25, 0.3) is 0 Å². The van der Waals surface area contributed by atoms with Crippen LogP contribution in [0, 0.1) is 6.92 Å². The van der Waals surface area contributed by atoms with E-state index >= 15 is 0 Å². The molecule has 0 amide bonds. The number of hydrogen-bond donors (Lipinski definition) is 2. The first-order chi connectivity index (χ1) is 13.8. The van der Waals surface area contributed by atoms with Crippen molar-refractivity contribution in [2.24, 2.45) is 0 Å². The molecule has 7 heteroatoms. The maximum absolute atomic E-state index is 13.4. The second kappa shape index (κ2) is 7.09. The Kier molecular flexibility index (Phi) is 4.58. The highest BCUT2D eigenvalue weighted by Gasteiger charge is 2.33. The van der Waals surface area contributed by atoms with E-state index in [0.717, 1.165) is 22.8 Å². The molecule has 29 heavy (non-hydrogen) atoms. The maximum Gasteiger partial charge on any atom is 0.433 e. The molecular weight excluding hydrogens is 379 g/mol. The third-order valence-corrected chi connectivity index (χ3v) is 4.60. The van der Waals surface area contributed by atoms with Gasteiger partial charge in [0.15, 0.2) is 0 Å². The molecule has 4 aromatic rings. The molecule has 0 unspecified atom stereocenters. The standard InChI is InChI=1S/C22H16F3N3O/c1-13-2-4-16(29)11-19(13)27-20-12-21(22(23,24)25)28-18-5-3-15(10-17(18)20)14-6-8-26-9-7-14/h2-12,29H,1H3,(H,27,28). The van der Waals surface area contributed by atoms with E-state index in [2.05, 4.69) is 15.3 Å². The monoisotopic (exact) mass is 395 g/mol. The predicted molar refractivity (Wildman–Crippen MR) is 106 cm³/mol. The van der Waals surface area contributed by atoms with Crippen LogP contribution in [-0.2, 0) is 6.18 Å². The quantitative estimate of drug-likeness (QED) is 0.442. The number of aromatic nitrogens is 2. The van der Waals surface area contributed by atoms with Gasteiger partial charge in [0.1, 0.15) is 11.4 Å².